The molecule has 0 aliphatic carbocycles. The number of piperidine rings is 1. The number of nitrogens with zero attached hydrogens (tertiary/aromatic N) is 6. The van der Waals surface area contributed by atoms with E-state index >= 15 is 0 Å². The lowest BCUT2D eigenvalue weighted by molar-refractivity contribution is 0.0866. The average molecular weight is 668 g/mol. The summed E-state index contributed by atoms with van der Waals surface area (Å²) in [5, 5.41) is 28.5. The first-order chi connectivity index (χ1) is 22.6. The summed E-state index contributed by atoms with van der Waals surface area (Å²) in [5.74, 6) is 0.223. The van der Waals surface area contributed by atoms with Crippen LogP contribution >= 0.6 is 23.2 Å². The third-order valence-electron chi connectivity index (χ3n) is 9.12. The molecule has 0 spiro atoms. The number of fused-ring (bicyclic) bond motifs is 1. The Balaban J connectivity index is 1.33. The van der Waals surface area contributed by atoms with Crippen molar-refractivity contribution in [3.63, 3.8) is 0 Å². The van der Waals surface area contributed by atoms with Crippen LogP contribution in [0.4, 0.5) is 11.4 Å². The minimum absolute atomic E-state index is 0.152. The molecule has 6 rings (SSSR count). The van der Waals surface area contributed by atoms with Crippen LogP contribution in [0, 0.1) is 11.3 Å². The van der Waals surface area contributed by atoms with Gasteiger partial charge >= 0.3 is 0 Å². The monoisotopic (exact) mass is 666 g/mol. The van der Waals surface area contributed by atoms with Crippen LogP contribution < -0.4 is 10.6 Å². The lowest BCUT2D eigenvalue weighted by atomic mass is 9.98. The number of pyridine rings is 1. The molecule has 1 saturated heterocycles. The number of nitrogens with one attached hydrogen (secondary N) is 2. The Morgan fingerprint density at radius 2 is 1.70 bits per heavy atom. The summed E-state index contributed by atoms with van der Waals surface area (Å²) < 4.78 is 2.02. The lowest BCUT2D eigenvalue weighted by Gasteiger charge is -2.40. The second-order valence-corrected chi connectivity index (χ2v) is 14.2. The molecule has 0 bridgehead atoms. The fourth-order valence-electron chi connectivity index (χ4n) is 6.35. The minimum Gasteiger partial charge on any atom is -0.383 e. The molecule has 1 aliphatic heterocycles. The van der Waals surface area contributed by atoms with Crippen LogP contribution in [-0.2, 0) is 0 Å². The van der Waals surface area contributed by atoms with Gasteiger partial charge in [0.25, 0.3) is 0 Å². The van der Waals surface area contributed by atoms with Crippen LogP contribution in [0.3, 0.4) is 0 Å². The molecule has 1 aliphatic rings. The van der Waals surface area contributed by atoms with Crippen LogP contribution in [0.5, 0.6) is 0 Å². The molecule has 0 saturated carbocycles. The second-order valence-electron chi connectivity index (χ2n) is 13.3. The molecule has 0 amide bonds. The number of rotatable bonds is 9. The maximum atomic E-state index is 10.0. The summed E-state index contributed by atoms with van der Waals surface area (Å²) in [6.45, 7) is 11.6. The number of benzene rings is 3. The Bertz CT molecular complexity index is 1870. The summed E-state index contributed by atoms with van der Waals surface area (Å²) >= 11 is 13.1. The SMILES string of the molecule is C[C@H](CNc1c(C#N)cnc2c(N[C@@H](c3ccc(Cl)cc3)c3cn(C4CCN(C(C)(C)C)CC4)nn3)cc(Cl)cc12)c1ccccc1. The first-order valence-corrected chi connectivity index (χ1v) is 16.9. The molecule has 10 heteroatoms. The molecule has 1 fully saturated rings. The Kier molecular flexibility index (Phi) is 9.70. The van der Waals surface area contributed by atoms with Crippen LogP contribution in [0.2, 0.25) is 10.0 Å². The molecule has 242 valence electrons. The Morgan fingerprint density at radius 3 is 2.38 bits per heavy atom. The maximum absolute atomic E-state index is 10.0. The van der Waals surface area contributed by atoms with Crippen molar-refractivity contribution in [1.29, 1.82) is 5.26 Å². The van der Waals surface area contributed by atoms with Crippen molar-refractivity contribution in [3.05, 3.63) is 112 Å². The molecule has 2 N–H and O–H groups in total. The van der Waals surface area contributed by atoms with Crippen molar-refractivity contribution >= 4 is 45.5 Å². The number of hydrogen-bond acceptors (Lipinski definition) is 7. The summed E-state index contributed by atoms with van der Waals surface area (Å²) in [4.78, 5) is 7.28. The molecule has 47 heavy (non-hydrogen) atoms. The molecule has 3 aromatic carbocycles. The van der Waals surface area contributed by atoms with Crippen LogP contribution in [0.15, 0.2) is 79.1 Å². The number of anilines is 2. The highest BCUT2D eigenvalue weighted by Crippen LogP contribution is 2.37. The lowest BCUT2D eigenvalue weighted by Crippen LogP contribution is -2.46. The number of likely N-dealkylation sites (tertiary alicyclic amines) is 1. The van der Waals surface area contributed by atoms with E-state index in [0.29, 0.717) is 33.4 Å². The van der Waals surface area contributed by atoms with Gasteiger partial charge in [-0.15, -0.1) is 5.10 Å². The van der Waals surface area contributed by atoms with Crippen molar-refractivity contribution in [2.45, 2.75) is 64.1 Å². The van der Waals surface area contributed by atoms with E-state index in [1.807, 2.05) is 59.3 Å². The van der Waals surface area contributed by atoms with E-state index in [4.69, 9.17) is 28.2 Å². The van der Waals surface area contributed by atoms with E-state index in [0.717, 1.165) is 48.3 Å². The first-order valence-electron chi connectivity index (χ1n) is 16.1. The summed E-state index contributed by atoms with van der Waals surface area (Å²) in [6, 6.07) is 24.0. The van der Waals surface area contributed by atoms with Crippen LogP contribution in [0.25, 0.3) is 10.9 Å². The van der Waals surface area contributed by atoms with Gasteiger partial charge in [0.2, 0.25) is 0 Å². The van der Waals surface area contributed by atoms with Gasteiger partial charge < -0.3 is 10.6 Å². The van der Waals surface area contributed by atoms with E-state index in [2.05, 4.69) is 77.9 Å². The first kappa shape index (κ1) is 32.8. The summed E-state index contributed by atoms with van der Waals surface area (Å²) in [6.07, 6.45) is 5.70. The quantitative estimate of drug-likeness (QED) is 0.162. The summed E-state index contributed by atoms with van der Waals surface area (Å²) in [5.41, 5.74) is 5.72. The predicted molar refractivity (Wildman–Crippen MR) is 191 cm³/mol. The van der Waals surface area contributed by atoms with Crippen molar-refractivity contribution in [2.75, 3.05) is 30.3 Å². The van der Waals surface area contributed by atoms with Gasteiger partial charge in [-0.3, -0.25) is 9.88 Å². The van der Waals surface area contributed by atoms with E-state index in [-0.39, 0.29) is 23.5 Å². The van der Waals surface area contributed by atoms with Crippen molar-refractivity contribution in [2.24, 2.45) is 0 Å². The van der Waals surface area contributed by atoms with Gasteiger partial charge in [0, 0.05) is 46.8 Å². The Labute approximate surface area is 286 Å². The van der Waals surface area contributed by atoms with Crippen molar-refractivity contribution in [1.82, 2.24) is 24.9 Å². The van der Waals surface area contributed by atoms with Gasteiger partial charge in [-0.1, -0.05) is 77.8 Å². The second kappa shape index (κ2) is 13.9. The normalized spacial score (nSPS) is 15.7. The number of aromatic nitrogens is 4. The van der Waals surface area contributed by atoms with Crippen LogP contribution in [-0.4, -0.2) is 50.1 Å². The zero-order valence-electron chi connectivity index (χ0n) is 27.2. The zero-order chi connectivity index (χ0) is 33.1. The molecule has 2 aromatic heterocycles. The number of nitriles is 1. The average Bonchev–Trinajstić information content (AvgIpc) is 3.56. The number of halogens is 2. The van der Waals surface area contributed by atoms with E-state index in [1.54, 1.807) is 6.20 Å². The molecule has 0 unspecified atom stereocenters. The fraction of sp³-hybridized carbons (Fsp3) is 0.351. The highest BCUT2D eigenvalue weighted by atomic mass is 35.5. The van der Waals surface area contributed by atoms with Gasteiger partial charge in [-0.25, -0.2) is 4.68 Å². The molecular formula is C37H40Cl2N8. The predicted octanol–water partition coefficient (Wildman–Crippen LogP) is 8.86. The highest BCUT2D eigenvalue weighted by molar-refractivity contribution is 6.32. The standard InChI is InChI=1S/C37H40Cl2N8/c1-24(25-8-6-5-7-9-25)21-41-34-27(20-40)22-42-36-31(34)18-29(39)19-32(36)43-35(26-10-12-28(38)13-11-26)33-23-47(45-44-33)30-14-16-46(17-15-30)37(2,3)4/h5-13,18-19,22-24,30,35,43H,14-17,21H2,1-4H3,(H,41,42)/t24-,35+/m1/s1. The Morgan fingerprint density at radius 1 is 0.979 bits per heavy atom. The van der Waals surface area contributed by atoms with Gasteiger partial charge in [-0.05, 0) is 74.9 Å². The largest absolute Gasteiger partial charge is 0.383 e. The van der Waals surface area contributed by atoms with Gasteiger partial charge in [-0.2, -0.15) is 5.26 Å². The van der Waals surface area contributed by atoms with Gasteiger partial charge in [0.05, 0.1) is 40.7 Å². The molecule has 8 nitrogen and oxygen atoms in total. The van der Waals surface area contributed by atoms with E-state index < -0.39 is 0 Å². The molecule has 5 aromatic rings. The van der Waals surface area contributed by atoms with Crippen LogP contribution in [0.1, 0.15) is 80.9 Å². The Hall–Kier alpha value is -4.16. The van der Waals surface area contributed by atoms with Crippen molar-refractivity contribution in [3.8, 4) is 6.07 Å². The molecular weight excluding hydrogens is 627 g/mol. The third kappa shape index (κ3) is 7.38. The highest BCUT2D eigenvalue weighted by Gasteiger charge is 2.29. The topological polar surface area (TPSA) is 94.7 Å². The maximum Gasteiger partial charge on any atom is 0.109 e. The molecule has 0 radical (unpaired) electrons. The third-order valence-corrected chi connectivity index (χ3v) is 9.59. The van der Waals surface area contributed by atoms with Crippen molar-refractivity contribution < 1.29 is 0 Å². The zero-order valence-corrected chi connectivity index (χ0v) is 28.7. The van der Waals surface area contributed by atoms with Gasteiger partial charge in [0.15, 0.2) is 0 Å². The minimum atomic E-state index is -0.357. The number of hydrogen-bond donors (Lipinski definition) is 2. The van der Waals surface area contributed by atoms with E-state index in [9.17, 15) is 5.26 Å². The van der Waals surface area contributed by atoms with Gasteiger partial charge in [0.1, 0.15) is 11.8 Å². The smallest absolute Gasteiger partial charge is 0.109 e. The van der Waals surface area contributed by atoms with E-state index in [1.165, 1.54) is 5.56 Å². The molecule has 2 atom stereocenters. The summed E-state index contributed by atoms with van der Waals surface area (Å²) in [7, 11) is 0. The molecule has 3 heterocycles. The fourth-order valence-corrected chi connectivity index (χ4v) is 6.69.